The molecule has 1 unspecified atom stereocenters. The van der Waals surface area contributed by atoms with Gasteiger partial charge in [-0.05, 0) is 19.8 Å². The summed E-state index contributed by atoms with van der Waals surface area (Å²) in [6, 6.07) is 0. The van der Waals surface area contributed by atoms with Crippen molar-refractivity contribution in [3.05, 3.63) is 4.91 Å². The Kier molecular flexibility index (Phi) is 6.60. The van der Waals surface area contributed by atoms with Gasteiger partial charge in [0.25, 0.3) is 0 Å². The Morgan fingerprint density at radius 1 is 1.50 bits per heavy atom. The van der Waals surface area contributed by atoms with Crippen LogP contribution >= 0.6 is 0 Å². The fourth-order valence-electron chi connectivity index (χ4n) is 0.783. The van der Waals surface area contributed by atoms with E-state index in [0.717, 1.165) is 0 Å². The van der Waals surface area contributed by atoms with E-state index in [9.17, 15) is 4.91 Å². The maximum absolute atomic E-state index is 10.1. The lowest BCUT2D eigenvalue weighted by Crippen LogP contribution is -2.22. The van der Waals surface area contributed by atoms with Crippen molar-refractivity contribution in [3.63, 3.8) is 0 Å². The summed E-state index contributed by atoms with van der Waals surface area (Å²) >= 11 is 0. The number of nitrogens with zero attached hydrogens (tertiary/aromatic N) is 2. The van der Waals surface area contributed by atoms with Crippen LogP contribution in [0.15, 0.2) is 5.29 Å². The Bertz CT molecular complexity index is 119. The second-order valence-electron chi connectivity index (χ2n) is 2.75. The van der Waals surface area contributed by atoms with Crippen molar-refractivity contribution in [2.45, 2.75) is 25.9 Å². The molecule has 0 saturated carbocycles. The molecule has 0 bridgehead atoms. The van der Waals surface area contributed by atoms with Crippen LogP contribution in [0.25, 0.3) is 0 Å². The average molecular weight is 176 g/mol. The third-order valence-corrected chi connectivity index (χ3v) is 1.49. The predicted octanol–water partition coefficient (Wildman–Crippen LogP) is 0.123. The zero-order valence-corrected chi connectivity index (χ0v) is 7.31. The first kappa shape index (κ1) is 11.3. The number of nitroso groups, excluding NO2 is 1. The average Bonchev–Trinajstić information content (AvgIpc) is 2.05. The van der Waals surface area contributed by atoms with Gasteiger partial charge in [-0.15, -0.1) is 4.91 Å². The van der Waals surface area contributed by atoms with Crippen LogP contribution in [0.2, 0.25) is 0 Å². The monoisotopic (exact) mass is 176 g/mol. The molecule has 12 heavy (non-hydrogen) atoms. The fraction of sp³-hybridized carbons (Fsp3) is 1.00. The Morgan fingerprint density at radius 3 is 2.58 bits per heavy atom. The summed E-state index contributed by atoms with van der Waals surface area (Å²) in [6.45, 7) is 2.61. The van der Waals surface area contributed by atoms with E-state index < -0.39 is 6.10 Å². The molecule has 0 radical (unpaired) electrons. The molecule has 0 aliphatic carbocycles. The van der Waals surface area contributed by atoms with E-state index in [1.54, 1.807) is 6.92 Å². The van der Waals surface area contributed by atoms with Gasteiger partial charge in [0.1, 0.15) is 0 Å². The molecule has 0 aliphatic heterocycles. The maximum Gasteiger partial charge on any atom is 0.0529 e. The third-order valence-electron chi connectivity index (χ3n) is 1.49. The van der Waals surface area contributed by atoms with E-state index in [1.165, 1.54) is 5.01 Å². The van der Waals surface area contributed by atoms with E-state index in [1.807, 2.05) is 0 Å². The van der Waals surface area contributed by atoms with Gasteiger partial charge in [0.2, 0.25) is 0 Å². The van der Waals surface area contributed by atoms with Gasteiger partial charge in [-0.25, -0.2) is 0 Å². The number of rotatable bonds is 7. The standard InChI is InChI=1S/C7H16N2O3/c1-7(11)3-5-9(8-12)4-2-6-10/h7,10-11H,2-6H2,1H3. The van der Waals surface area contributed by atoms with Crippen molar-refractivity contribution in [2.24, 2.45) is 5.29 Å². The quantitative estimate of drug-likeness (QED) is 0.427. The molecule has 2 N–H and O–H groups in total. The van der Waals surface area contributed by atoms with Gasteiger partial charge in [-0.2, -0.15) is 0 Å². The Labute approximate surface area is 71.9 Å². The summed E-state index contributed by atoms with van der Waals surface area (Å²) in [7, 11) is 0. The SMILES string of the molecule is CC(O)CCN(CCCO)N=O. The molecule has 5 nitrogen and oxygen atoms in total. The molecule has 0 rings (SSSR count). The molecule has 0 aromatic carbocycles. The van der Waals surface area contributed by atoms with E-state index in [2.05, 4.69) is 5.29 Å². The fourth-order valence-corrected chi connectivity index (χ4v) is 0.783. The second-order valence-corrected chi connectivity index (χ2v) is 2.75. The topological polar surface area (TPSA) is 73.1 Å². The summed E-state index contributed by atoms with van der Waals surface area (Å²) in [5, 5.41) is 21.4. The molecule has 0 saturated heterocycles. The van der Waals surface area contributed by atoms with E-state index in [0.29, 0.717) is 25.9 Å². The summed E-state index contributed by atoms with van der Waals surface area (Å²) in [6.07, 6.45) is 0.645. The highest BCUT2D eigenvalue weighted by Gasteiger charge is 2.03. The van der Waals surface area contributed by atoms with Crippen LogP contribution < -0.4 is 0 Å². The lowest BCUT2D eigenvalue weighted by molar-refractivity contribution is 0.152. The van der Waals surface area contributed by atoms with Gasteiger partial charge in [0, 0.05) is 19.7 Å². The molecule has 5 heteroatoms. The molecule has 0 heterocycles. The Hall–Kier alpha value is -0.680. The third kappa shape index (κ3) is 6.06. The van der Waals surface area contributed by atoms with Gasteiger partial charge in [-0.1, -0.05) is 0 Å². The highest BCUT2D eigenvalue weighted by Crippen LogP contribution is 1.97. The van der Waals surface area contributed by atoms with Crippen LogP contribution in [0.5, 0.6) is 0 Å². The van der Waals surface area contributed by atoms with Gasteiger partial charge >= 0.3 is 0 Å². The smallest absolute Gasteiger partial charge is 0.0529 e. The second kappa shape index (κ2) is 7.00. The lowest BCUT2D eigenvalue weighted by Gasteiger charge is -2.14. The molecule has 0 fully saturated rings. The Morgan fingerprint density at radius 2 is 2.17 bits per heavy atom. The van der Waals surface area contributed by atoms with Crippen LogP contribution in [0.3, 0.4) is 0 Å². The largest absolute Gasteiger partial charge is 0.396 e. The first-order valence-electron chi connectivity index (χ1n) is 4.08. The van der Waals surface area contributed by atoms with Gasteiger partial charge in [-0.3, -0.25) is 5.01 Å². The first-order chi connectivity index (χ1) is 5.70. The minimum Gasteiger partial charge on any atom is -0.396 e. The van der Waals surface area contributed by atoms with Crippen molar-refractivity contribution >= 4 is 0 Å². The van der Waals surface area contributed by atoms with Crippen LogP contribution in [-0.4, -0.2) is 41.0 Å². The van der Waals surface area contributed by atoms with Crippen molar-refractivity contribution in [2.75, 3.05) is 19.7 Å². The molecule has 0 aromatic heterocycles. The van der Waals surface area contributed by atoms with Gasteiger partial charge in [0.15, 0.2) is 0 Å². The molecule has 0 amide bonds. The number of hydrogen-bond donors (Lipinski definition) is 2. The van der Waals surface area contributed by atoms with Crippen molar-refractivity contribution in [3.8, 4) is 0 Å². The van der Waals surface area contributed by atoms with Crippen LogP contribution in [0.1, 0.15) is 19.8 Å². The highest BCUT2D eigenvalue weighted by molar-refractivity contribution is 4.55. The molecule has 0 aromatic rings. The van der Waals surface area contributed by atoms with Gasteiger partial charge in [0.05, 0.1) is 11.4 Å². The van der Waals surface area contributed by atoms with E-state index in [-0.39, 0.29) is 6.61 Å². The molecule has 0 aliphatic rings. The lowest BCUT2D eigenvalue weighted by atomic mass is 10.3. The summed E-state index contributed by atoms with van der Waals surface area (Å²) < 4.78 is 0. The molecular formula is C7H16N2O3. The minimum absolute atomic E-state index is 0.0562. The van der Waals surface area contributed by atoms with Crippen LogP contribution in [-0.2, 0) is 0 Å². The molecular weight excluding hydrogens is 160 g/mol. The highest BCUT2D eigenvalue weighted by atomic mass is 16.3. The summed E-state index contributed by atoms with van der Waals surface area (Å²) in [5.74, 6) is 0. The van der Waals surface area contributed by atoms with Crippen LogP contribution in [0, 0.1) is 4.91 Å². The molecule has 72 valence electrons. The van der Waals surface area contributed by atoms with Crippen molar-refractivity contribution in [1.82, 2.24) is 5.01 Å². The van der Waals surface area contributed by atoms with Crippen molar-refractivity contribution < 1.29 is 10.2 Å². The Balaban J connectivity index is 3.46. The van der Waals surface area contributed by atoms with Crippen molar-refractivity contribution in [1.29, 1.82) is 0 Å². The zero-order chi connectivity index (χ0) is 9.40. The number of hydrogen-bond acceptors (Lipinski definition) is 4. The zero-order valence-electron chi connectivity index (χ0n) is 7.31. The maximum atomic E-state index is 10.1. The minimum atomic E-state index is -0.414. The summed E-state index contributed by atoms with van der Waals surface area (Å²) in [4.78, 5) is 10.1. The van der Waals surface area contributed by atoms with E-state index >= 15 is 0 Å². The molecule has 1 atom stereocenters. The van der Waals surface area contributed by atoms with Gasteiger partial charge < -0.3 is 10.2 Å². The molecule has 0 spiro atoms. The normalized spacial score (nSPS) is 12.6. The van der Waals surface area contributed by atoms with Crippen LogP contribution in [0.4, 0.5) is 0 Å². The first-order valence-corrected chi connectivity index (χ1v) is 4.08. The van der Waals surface area contributed by atoms with E-state index in [4.69, 9.17) is 10.2 Å². The number of aliphatic hydroxyl groups is 2. The summed E-state index contributed by atoms with van der Waals surface area (Å²) in [5.41, 5.74) is 0. The predicted molar refractivity (Wildman–Crippen MR) is 45.4 cm³/mol. The number of aliphatic hydroxyl groups excluding tert-OH is 2.